The van der Waals surface area contributed by atoms with Crippen LogP contribution in [0.1, 0.15) is 112 Å². The highest BCUT2D eigenvalue weighted by molar-refractivity contribution is 5.93. The molecule has 1 aliphatic rings. The van der Waals surface area contributed by atoms with Crippen LogP contribution in [0.4, 0.5) is 4.79 Å². The Balaban J connectivity index is 2.06. The lowest BCUT2D eigenvalue weighted by Gasteiger charge is -2.34. The summed E-state index contributed by atoms with van der Waals surface area (Å²) in [6.45, 7) is 19.4. The summed E-state index contributed by atoms with van der Waals surface area (Å²) in [7, 11) is 0. The van der Waals surface area contributed by atoms with E-state index in [0.29, 0.717) is 37.8 Å². The van der Waals surface area contributed by atoms with Gasteiger partial charge in [-0.3, -0.25) is 9.69 Å². The van der Waals surface area contributed by atoms with Gasteiger partial charge in [0.1, 0.15) is 17.7 Å². The Labute approximate surface area is 264 Å². The summed E-state index contributed by atoms with van der Waals surface area (Å²) in [4.78, 5) is 53.2. The molecule has 0 aromatic heterocycles. The van der Waals surface area contributed by atoms with Crippen LogP contribution in [-0.2, 0) is 23.8 Å². The van der Waals surface area contributed by atoms with Crippen molar-refractivity contribution in [3.8, 4) is 0 Å². The zero-order valence-corrected chi connectivity index (χ0v) is 28.4. The third kappa shape index (κ3) is 11.9. The Morgan fingerprint density at radius 3 is 2.11 bits per heavy atom. The summed E-state index contributed by atoms with van der Waals surface area (Å²) in [5.74, 6) is -2.22. The summed E-state index contributed by atoms with van der Waals surface area (Å²) in [6.07, 6.45) is -0.149. The number of ketones is 1. The predicted molar refractivity (Wildman–Crippen MR) is 169 cm³/mol. The molecule has 1 aromatic carbocycles. The maximum absolute atomic E-state index is 13.5. The van der Waals surface area contributed by atoms with Gasteiger partial charge in [-0.15, -0.1) is 0 Å². The van der Waals surface area contributed by atoms with Crippen molar-refractivity contribution in [1.29, 1.82) is 0 Å². The van der Waals surface area contributed by atoms with Gasteiger partial charge in [-0.2, -0.15) is 0 Å². The van der Waals surface area contributed by atoms with Gasteiger partial charge in [0, 0.05) is 12.5 Å². The molecule has 248 valence electrons. The second kappa shape index (κ2) is 15.9. The van der Waals surface area contributed by atoms with E-state index in [1.165, 1.54) is 11.8 Å². The Morgan fingerprint density at radius 2 is 1.55 bits per heavy atom. The Hall–Kier alpha value is -2.94. The molecule has 9 heteroatoms. The van der Waals surface area contributed by atoms with Gasteiger partial charge in [-0.05, 0) is 89.2 Å². The highest BCUT2D eigenvalue weighted by Gasteiger charge is 2.40. The zero-order chi connectivity index (χ0) is 33.4. The summed E-state index contributed by atoms with van der Waals surface area (Å²) in [5, 5.41) is 11.0. The van der Waals surface area contributed by atoms with Crippen LogP contribution in [0.2, 0.25) is 0 Å². The third-order valence-corrected chi connectivity index (χ3v) is 7.99. The van der Waals surface area contributed by atoms with Crippen molar-refractivity contribution in [3.05, 3.63) is 35.9 Å². The average Bonchev–Trinajstić information content (AvgIpc) is 3.41. The van der Waals surface area contributed by atoms with Crippen LogP contribution in [0.3, 0.4) is 0 Å². The van der Waals surface area contributed by atoms with Crippen LogP contribution in [0.25, 0.3) is 0 Å². The SMILES string of the molecule is C[C@H](C[C@H](OC(=O)[C@@H]1CCCN1C(=O)OC(C)(C)C)[C@@H](C)CC(C)(C)C)C[C@H](O)[C@H](C)C(=O)[C@@H](C)OC(=O)c1ccccc1. The van der Waals surface area contributed by atoms with Crippen LogP contribution in [0, 0.1) is 23.2 Å². The molecule has 9 nitrogen and oxygen atoms in total. The molecule has 1 aromatic rings. The fourth-order valence-corrected chi connectivity index (χ4v) is 5.80. The fraction of sp³-hybridized carbons (Fsp3) is 0.714. The maximum atomic E-state index is 13.5. The fourth-order valence-electron chi connectivity index (χ4n) is 5.80. The number of carbonyl (C=O) groups excluding carboxylic acids is 4. The minimum Gasteiger partial charge on any atom is -0.461 e. The van der Waals surface area contributed by atoms with Crippen LogP contribution >= 0.6 is 0 Å². The summed E-state index contributed by atoms with van der Waals surface area (Å²) in [5.41, 5.74) is -0.323. The molecule has 1 saturated heterocycles. The number of esters is 2. The van der Waals surface area contributed by atoms with Crippen molar-refractivity contribution in [2.45, 2.75) is 131 Å². The van der Waals surface area contributed by atoms with E-state index in [-0.39, 0.29) is 23.0 Å². The number of nitrogens with zero attached hydrogens (tertiary/aromatic N) is 1. The number of aliphatic hydroxyl groups excluding tert-OH is 1. The molecule has 1 heterocycles. The van der Waals surface area contributed by atoms with E-state index >= 15 is 0 Å². The first kappa shape index (κ1) is 37.2. The number of hydrogen-bond acceptors (Lipinski definition) is 8. The van der Waals surface area contributed by atoms with Crippen LogP contribution < -0.4 is 0 Å². The maximum Gasteiger partial charge on any atom is 0.411 e. The lowest BCUT2D eigenvalue weighted by atomic mass is 9.80. The van der Waals surface area contributed by atoms with Crippen molar-refractivity contribution in [2.24, 2.45) is 23.2 Å². The minimum atomic E-state index is -1.01. The number of aliphatic hydroxyl groups is 1. The molecular weight excluding hydrogens is 562 g/mol. The molecule has 0 unspecified atom stereocenters. The summed E-state index contributed by atoms with van der Waals surface area (Å²) in [6, 6.07) is 7.75. The minimum absolute atomic E-state index is 0.00299. The van der Waals surface area contributed by atoms with Crippen molar-refractivity contribution in [1.82, 2.24) is 4.90 Å². The van der Waals surface area contributed by atoms with Gasteiger partial charge in [0.2, 0.25) is 0 Å². The number of likely N-dealkylation sites (tertiary alicyclic amines) is 1. The van der Waals surface area contributed by atoms with E-state index in [2.05, 4.69) is 27.7 Å². The second-order valence-electron chi connectivity index (χ2n) is 14.8. The van der Waals surface area contributed by atoms with Gasteiger partial charge < -0.3 is 19.3 Å². The van der Waals surface area contributed by atoms with E-state index in [4.69, 9.17) is 14.2 Å². The van der Waals surface area contributed by atoms with Crippen molar-refractivity contribution in [2.75, 3.05) is 6.54 Å². The number of carbonyl (C=O) groups is 4. The second-order valence-corrected chi connectivity index (χ2v) is 14.8. The first-order valence-electron chi connectivity index (χ1n) is 16.0. The molecular formula is C35H55NO8. The molecule has 1 aliphatic heterocycles. The predicted octanol–water partition coefficient (Wildman–Crippen LogP) is 6.60. The molecule has 0 bridgehead atoms. The number of rotatable bonds is 13. The summed E-state index contributed by atoms with van der Waals surface area (Å²) >= 11 is 0. The number of amides is 1. The monoisotopic (exact) mass is 617 g/mol. The molecule has 0 spiro atoms. The van der Waals surface area contributed by atoms with Crippen LogP contribution in [-0.4, -0.2) is 70.3 Å². The molecule has 2 rings (SSSR count). The van der Waals surface area contributed by atoms with Crippen LogP contribution in [0.15, 0.2) is 30.3 Å². The lowest BCUT2D eigenvalue weighted by molar-refractivity contribution is -0.158. The molecule has 0 aliphatic carbocycles. The smallest absolute Gasteiger partial charge is 0.411 e. The quantitative estimate of drug-likeness (QED) is 0.194. The first-order valence-corrected chi connectivity index (χ1v) is 16.0. The molecule has 1 amide bonds. The number of hydrogen-bond donors (Lipinski definition) is 1. The summed E-state index contributed by atoms with van der Waals surface area (Å²) < 4.78 is 17.0. The lowest BCUT2D eigenvalue weighted by Crippen LogP contribution is -2.45. The van der Waals surface area contributed by atoms with Gasteiger partial charge in [0.15, 0.2) is 11.9 Å². The highest BCUT2D eigenvalue weighted by Crippen LogP contribution is 2.32. The highest BCUT2D eigenvalue weighted by atomic mass is 16.6. The Morgan fingerprint density at radius 1 is 0.932 bits per heavy atom. The molecule has 0 saturated carbocycles. The van der Waals surface area contributed by atoms with Gasteiger partial charge >= 0.3 is 18.0 Å². The van der Waals surface area contributed by atoms with Crippen molar-refractivity contribution in [3.63, 3.8) is 0 Å². The van der Waals surface area contributed by atoms with Crippen LogP contribution in [0.5, 0.6) is 0 Å². The van der Waals surface area contributed by atoms with Gasteiger partial charge in [-0.1, -0.05) is 59.7 Å². The number of Topliss-reactive ketones (excluding diaryl/α,β-unsaturated/α-hetero) is 1. The van der Waals surface area contributed by atoms with E-state index in [0.717, 1.165) is 6.42 Å². The van der Waals surface area contributed by atoms with Gasteiger partial charge in [0.25, 0.3) is 0 Å². The topological polar surface area (TPSA) is 119 Å². The normalized spacial score (nSPS) is 19.7. The zero-order valence-electron chi connectivity index (χ0n) is 28.4. The van der Waals surface area contributed by atoms with E-state index in [1.54, 1.807) is 58.0 Å². The molecule has 7 atom stereocenters. The third-order valence-electron chi connectivity index (χ3n) is 7.99. The molecule has 0 radical (unpaired) electrons. The van der Waals surface area contributed by atoms with Crippen molar-refractivity contribution < 1.29 is 38.5 Å². The Kier molecular flexibility index (Phi) is 13.4. The molecule has 1 fully saturated rings. The first-order chi connectivity index (χ1) is 20.3. The van der Waals surface area contributed by atoms with E-state index in [9.17, 15) is 24.3 Å². The molecule has 44 heavy (non-hydrogen) atoms. The standard InChI is InChI=1S/C35H55NO8/c1-22(19-28(37)24(3)30(38)25(4)42-31(39)26-15-12-11-13-16-26)20-29(23(2)21-34(5,6)7)43-32(40)27-17-14-18-36(27)33(41)44-35(8,9)10/h11-13,15-16,22-25,27-29,37H,14,17-21H2,1-10H3/t22-,23-,24-,25+,27-,28-,29-/m0/s1. The van der Waals surface area contributed by atoms with Crippen molar-refractivity contribution >= 4 is 23.8 Å². The number of ether oxygens (including phenoxy) is 3. The van der Waals surface area contributed by atoms with Gasteiger partial charge in [0.05, 0.1) is 11.7 Å². The van der Waals surface area contributed by atoms with Gasteiger partial charge in [-0.25, -0.2) is 14.4 Å². The van der Waals surface area contributed by atoms with E-state index < -0.39 is 53.9 Å². The van der Waals surface area contributed by atoms with E-state index in [1.807, 2.05) is 6.92 Å². The molecule has 1 N–H and O–H groups in total. The Bertz CT molecular complexity index is 1110. The number of benzene rings is 1. The largest absolute Gasteiger partial charge is 0.461 e. The average molecular weight is 618 g/mol.